The summed E-state index contributed by atoms with van der Waals surface area (Å²) in [6, 6.07) is 3.94. The van der Waals surface area contributed by atoms with E-state index >= 15 is 0 Å². The zero-order valence-corrected chi connectivity index (χ0v) is 15.6. The smallest absolute Gasteiger partial charge is 0.126 e. The molecule has 1 unspecified atom stereocenters. The largest absolute Gasteiger partial charge is 0.493 e. The van der Waals surface area contributed by atoms with E-state index < -0.39 is 11.0 Å². The van der Waals surface area contributed by atoms with Crippen LogP contribution in [-0.2, 0) is 11.0 Å². The van der Waals surface area contributed by atoms with Gasteiger partial charge in [-0.3, -0.25) is 0 Å². The van der Waals surface area contributed by atoms with Crippen molar-refractivity contribution < 1.29 is 13.7 Å². The van der Waals surface area contributed by atoms with E-state index in [4.69, 9.17) is 9.47 Å². The lowest BCUT2D eigenvalue weighted by molar-refractivity contribution is 0.317. The molecule has 0 saturated carbocycles. The number of ether oxygens (including phenoxy) is 2. The fourth-order valence-corrected chi connectivity index (χ4v) is 2.76. The van der Waals surface area contributed by atoms with Crippen LogP contribution in [0.3, 0.4) is 0 Å². The van der Waals surface area contributed by atoms with Gasteiger partial charge in [-0.25, -0.2) is 8.93 Å². The molecular formula is C17H29NO3S. The minimum atomic E-state index is -1.13. The Bertz CT molecular complexity index is 496. The third-order valence-electron chi connectivity index (χ3n) is 3.27. The monoisotopic (exact) mass is 327 g/mol. The number of rotatable bonds is 7. The van der Waals surface area contributed by atoms with Gasteiger partial charge in [0.15, 0.2) is 0 Å². The Morgan fingerprint density at radius 2 is 1.59 bits per heavy atom. The topological polar surface area (TPSA) is 47.6 Å². The minimum absolute atomic E-state index is 0.0564. The van der Waals surface area contributed by atoms with E-state index in [9.17, 15) is 4.21 Å². The van der Waals surface area contributed by atoms with Crippen LogP contribution in [0.25, 0.3) is 0 Å². The average Bonchev–Trinajstić information content (AvgIpc) is 2.42. The van der Waals surface area contributed by atoms with Crippen LogP contribution in [0, 0.1) is 6.92 Å². The summed E-state index contributed by atoms with van der Waals surface area (Å²) < 4.78 is 26.5. The van der Waals surface area contributed by atoms with Crippen molar-refractivity contribution in [2.75, 3.05) is 13.2 Å². The molecule has 0 amide bonds. The van der Waals surface area contributed by atoms with Gasteiger partial charge in [0.25, 0.3) is 0 Å². The predicted octanol–water partition coefficient (Wildman–Crippen LogP) is 3.91. The quantitative estimate of drug-likeness (QED) is 0.826. The maximum absolute atomic E-state index is 12.3. The van der Waals surface area contributed by atoms with Gasteiger partial charge in [-0.1, -0.05) is 0 Å². The van der Waals surface area contributed by atoms with E-state index in [1.807, 2.05) is 60.6 Å². The van der Waals surface area contributed by atoms with Crippen molar-refractivity contribution >= 4 is 11.0 Å². The van der Waals surface area contributed by atoms with Crippen LogP contribution in [0.2, 0.25) is 0 Å². The highest BCUT2D eigenvalue weighted by Crippen LogP contribution is 2.32. The molecule has 4 nitrogen and oxygen atoms in total. The average molecular weight is 327 g/mol. The minimum Gasteiger partial charge on any atom is -0.493 e. The molecule has 0 aromatic heterocycles. The van der Waals surface area contributed by atoms with E-state index in [2.05, 4.69) is 4.72 Å². The van der Waals surface area contributed by atoms with Crippen LogP contribution < -0.4 is 14.2 Å². The first-order valence-corrected chi connectivity index (χ1v) is 8.93. The third-order valence-corrected chi connectivity index (χ3v) is 4.95. The molecule has 0 spiro atoms. The lowest BCUT2D eigenvalue weighted by Gasteiger charge is -2.23. The van der Waals surface area contributed by atoms with Crippen molar-refractivity contribution in [3.05, 3.63) is 23.3 Å². The van der Waals surface area contributed by atoms with Crippen molar-refractivity contribution in [1.29, 1.82) is 0 Å². The fourth-order valence-electron chi connectivity index (χ4n) is 1.95. The molecule has 1 rings (SSSR count). The van der Waals surface area contributed by atoms with Gasteiger partial charge in [0.05, 0.1) is 28.9 Å². The number of benzene rings is 1. The zero-order chi connectivity index (χ0) is 16.9. The lowest BCUT2D eigenvalue weighted by atomic mass is 10.0. The van der Waals surface area contributed by atoms with Gasteiger partial charge in [-0.2, -0.15) is 0 Å². The molecule has 126 valence electrons. The van der Waals surface area contributed by atoms with Crippen molar-refractivity contribution in [3.63, 3.8) is 0 Å². The molecule has 0 saturated heterocycles. The SMILES string of the molecule is CCOc1cc([C@@H](C)NS(=O)C(C)(C)C)cc(OCC)c1C. The van der Waals surface area contributed by atoms with E-state index in [1.54, 1.807) is 0 Å². The Hall–Kier alpha value is -1.07. The van der Waals surface area contributed by atoms with Gasteiger partial charge < -0.3 is 9.47 Å². The molecule has 0 aliphatic rings. The third kappa shape index (κ3) is 4.99. The van der Waals surface area contributed by atoms with Crippen LogP contribution in [0.5, 0.6) is 11.5 Å². The normalized spacial score (nSPS) is 14.5. The molecule has 0 fully saturated rings. The Morgan fingerprint density at radius 1 is 1.14 bits per heavy atom. The summed E-state index contributed by atoms with van der Waals surface area (Å²) >= 11 is 0. The van der Waals surface area contributed by atoms with Crippen LogP contribution in [0.4, 0.5) is 0 Å². The lowest BCUT2D eigenvalue weighted by Crippen LogP contribution is -2.34. The summed E-state index contributed by atoms with van der Waals surface area (Å²) in [4.78, 5) is 0. The van der Waals surface area contributed by atoms with Gasteiger partial charge in [-0.05, 0) is 66.2 Å². The first-order valence-electron chi connectivity index (χ1n) is 7.78. The second-order valence-corrected chi connectivity index (χ2v) is 8.23. The number of hydrogen-bond donors (Lipinski definition) is 1. The summed E-state index contributed by atoms with van der Waals surface area (Å²) in [7, 11) is -1.13. The second kappa shape index (κ2) is 7.97. The molecular weight excluding hydrogens is 298 g/mol. The molecule has 1 N–H and O–H groups in total. The molecule has 1 aromatic carbocycles. The summed E-state index contributed by atoms with van der Waals surface area (Å²) in [6.07, 6.45) is 0. The van der Waals surface area contributed by atoms with E-state index in [0.717, 1.165) is 22.6 Å². The molecule has 0 aliphatic heterocycles. The highest BCUT2D eigenvalue weighted by Gasteiger charge is 2.22. The first kappa shape index (κ1) is 19.0. The Kier molecular flexibility index (Phi) is 6.88. The molecule has 22 heavy (non-hydrogen) atoms. The molecule has 0 aliphatic carbocycles. The van der Waals surface area contributed by atoms with E-state index in [0.29, 0.717) is 13.2 Å². The molecule has 0 bridgehead atoms. The predicted molar refractivity (Wildman–Crippen MR) is 93.0 cm³/mol. The molecule has 0 radical (unpaired) electrons. The fraction of sp³-hybridized carbons (Fsp3) is 0.647. The zero-order valence-electron chi connectivity index (χ0n) is 14.8. The van der Waals surface area contributed by atoms with E-state index in [1.165, 1.54) is 0 Å². The van der Waals surface area contributed by atoms with Crippen molar-refractivity contribution in [3.8, 4) is 11.5 Å². The maximum Gasteiger partial charge on any atom is 0.126 e. The van der Waals surface area contributed by atoms with Gasteiger partial charge in [0.2, 0.25) is 0 Å². The highest BCUT2D eigenvalue weighted by atomic mass is 32.2. The maximum atomic E-state index is 12.3. The standard InChI is InChI=1S/C17H29NO3S/c1-8-20-15-10-14(11-16(12(15)3)21-9-2)13(4)18-22(19)17(5,6)7/h10-11,13,18H,8-9H2,1-7H3/t13-,22?/m1/s1. The van der Waals surface area contributed by atoms with Crippen LogP contribution in [0.1, 0.15) is 58.7 Å². The van der Waals surface area contributed by atoms with Gasteiger partial charge >= 0.3 is 0 Å². The van der Waals surface area contributed by atoms with Gasteiger partial charge in [-0.15, -0.1) is 0 Å². The van der Waals surface area contributed by atoms with Crippen molar-refractivity contribution in [2.45, 2.75) is 59.3 Å². The van der Waals surface area contributed by atoms with Gasteiger partial charge in [0.1, 0.15) is 11.5 Å². The summed E-state index contributed by atoms with van der Waals surface area (Å²) in [5.74, 6) is 1.64. The Morgan fingerprint density at radius 3 is 1.95 bits per heavy atom. The highest BCUT2D eigenvalue weighted by molar-refractivity contribution is 7.84. The molecule has 2 atom stereocenters. The molecule has 1 aromatic rings. The van der Waals surface area contributed by atoms with Crippen LogP contribution in [-0.4, -0.2) is 22.2 Å². The van der Waals surface area contributed by atoms with Crippen molar-refractivity contribution in [2.24, 2.45) is 0 Å². The number of hydrogen-bond acceptors (Lipinski definition) is 3. The van der Waals surface area contributed by atoms with Gasteiger partial charge in [0, 0.05) is 11.6 Å². The molecule has 5 heteroatoms. The molecule has 0 heterocycles. The van der Waals surface area contributed by atoms with Crippen LogP contribution in [0.15, 0.2) is 12.1 Å². The summed E-state index contributed by atoms with van der Waals surface area (Å²) in [5, 5.41) is 0. The Balaban J connectivity index is 3.09. The second-order valence-electron chi connectivity index (χ2n) is 6.23. The Labute approximate surface area is 137 Å². The summed E-state index contributed by atoms with van der Waals surface area (Å²) in [5.41, 5.74) is 2.01. The van der Waals surface area contributed by atoms with Crippen LogP contribution >= 0.6 is 0 Å². The summed E-state index contributed by atoms with van der Waals surface area (Å²) in [6.45, 7) is 15.0. The first-order chi connectivity index (χ1) is 10.2. The number of nitrogens with one attached hydrogen (secondary N) is 1. The van der Waals surface area contributed by atoms with Crippen molar-refractivity contribution in [1.82, 2.24) is 4.72 Å². The van der Waals surface area contributed by atoms with E-state index in [-0.39, 0.29) is 10.8 Å².